The predicted molar refractivity (Wildman–Crippen MR) is 93.9 cm³/mol. The molecule has 3 rings (SSSR count). The summed E-state index contributed by atoms with van der Waals surface area (Å²) in [6, 6.07) is 12.4. The molecule has 6 heteroatoms. The van der Waals surface area contributed by atoms with Crippen LogP contribution >= 0.6 is 0 Å². The molecule has 2 aromatic carbocycles. The third kappa shape index (κ3) is 4.79. The SMILES string of the molecule is C[C@@H](NC(=O)Nc1cccc(C(=O)NC2CC2)c1)c1ccc(F)cc1. The third-order valence-electron chi connectivity index (χ3n) is 4.01. The summed E-state index contributed by atoms with van der Waals surface area (Å²) in [5.41, 5.74) is 1.85. The van der Waals surface area contributed by atoms with Crippen LogP contribution in [-0.2, 0) is 0 Å². The lowest BCUT2D eigenvalue weighted by atomic mass is 10.1. The number of halogens is 1. The van der Waals surface area contributed by atoms with Gasteiger partial charge in [-0.15, -0.1) is 0 Å². The summed E-state index contributed by atoms with van der Waals surface area (Å²) < 4.78 is 13.0. The summed E-state index contributed by atoms with van der Waals surface area (Å²) in [5.74, 6) is -0.451. The third-order valence-corrected chi connectivity index (χ3v) is 4.01. The first-order valence-corrected chi connectivity index (χ1v) is 8.25. The molecular weight excluding hydrogens is 321 g/mol. The van der Waals surface area contributed by atoms with E-state index in [0.717, 1.165) is 18.4 Å². The lowest BCUT2D eigenvalue weighted by Crippen LogP contribution is -2.31. The van der Waals surface area contributed by atoms with E-state index in [2.05, 4.69) is 16.0 Å². The van der Waals surface area contributed by atoms with Crippen molar-refractivity contribution in [2.24, 2.45) is 0 Å². The van der Waals surface area contributed by atoms with Crippen LogP contribution in [0.3, 0.4) is 0 Å². The van der Waals surface area contributed by atoms with Gasteiger partial charge in [-0.3, -0.25) is 4.79 Å². The molecule has 0 aromatic heterocycles. The molecule has 1 aliphatic rings. The van der Waals surface area contributed by atoms with Crippen molar-refractivity contribution in [3.63, 3.8) is 0 Å². The molecule has 5 nitrogen and oxygen atoms in total. The van der Waals surface area contributed by atoms with E-state index in [0.29, 0.717) is 11.3 Å². The molecule has 130 valence electrons. The van der Waals surface area contributed by atoms with Crippen LogP contribution in [0.25, 0.3) is 0 Å². The molecule has 0 spiro atoms. The zero-order valence-corrected chi connectivity index (χ0v) is 13.9. The number of urea groups is 1. The Hall–Kier alpha value is -2.89. The number of carbonyl (C=O) groups excluding carboxylic acids is 2. The average molecular weight is 341 g/mol. The van der Waals surface area contributed by atoms with E-state index < -0.39 is 6.03 Å². The fourth-order valence-electron chi connectivity index (χ4n) is 2.43. The predicted octanol–water partition coefficient (Wildman–Crippen LogP) is 3.60. The normalized spacial score (nSPS) is 14.5. The fraction of sp³-hybridized carbons (Fsp3) is 0.263. The number of carbonyl (C=O) groups is 2. The topological polar surface area (TPSA) is 70.2 Å². The number of anilines is 1. The summed E-state index contributed by atoms with van der Waals surface area (Å²) in [6.07, 6.45) is 2.04. The molecule has 1 saturated carbocycles. The number of amides is 3. The highest BCUT2D eigenvalue weighted by Gasteiger charge is 2.23. The molecule has 0 unspecified atom stereocenters. The number of hydrogen-bond donors (Lipinski definition) is 3. The molecule has 0 radical (unpaired) electrons. The van der Waals surface area contributed by atoms with Crippen LogP contribution in [-0.4, -0.2) is 18.0 Å². The quantitative estimate of drug-likeness (QED) is 0.778. The van der Waals surface area contributed by atoms with Crippen LogP contribution in [0.1, 0.15) is 41.7 Å². The van der Waals surface area contributed by atoms with Gasteiger partial charge in [0.2, 0.25) is 0 Å². The largest absolute Gasteiger partial charge is 0.349 e. The lowest BCUT2D eigenvalue weighted by Gasteiger charge is -2.15. The molecule has 1 fully saturated rings. The van der Waals surface area contributed by atoms with Crippen LogP contribution in [0.2, 0.25) is 0 Å². The van der Waals surface area contributed by atoms with Crippen LogP contribution in [0, 0.1) is 5.82 Å². The number of rotatable bonds is 5. The molecule has 25 heavy (non-hydrogen) atoms. The highest BCUT2D eigenvalue weighted by molar-refractivity contribution is 5.97. The molecule has 0 saturated heterocycles. The van der Waals surface area contributed by atoms with Crippen molar-refractivity contribution in [1.29, 1.82) is 0 Å². The number of hydrogen-bond acceptors (Lipinski definition) is 2. The van der Waals surface area contributed by atoms with E-state index in [1.165, 1.54) is 12.1 Å². The minimum atomic E-state index is -0.392. The fourth-order valence-corrected chi connectivity index (χ4v) is 2.43. The molecular formula is C19H20FN3O2. The second kappa shape index (κ2) is 7.34. The summed E-state index contributed by atoms with van der Waals surface area (Å²) in [5, 5.41) is 8.41. The van der Waals surface area contributed by atoms with Crippen molar-refractivity contribution in [2.75, 3.05) is 5.32 Å². The number of nitrogens with one attached hydrogen (secondary N) is 3. The van der Waals surface area contributed by atoms with Gasteiger partial charge in [0.25, 0.3) is 5.91 Å². The standard InChI is InChI=1S/C19H20FN3O2/c1-12(13-5-7-15(20)8-6-13)21-19(25)23-17-4-2-3-14(11-17)18(24)22-16-9-10-16/h2-8,11-12,16H,9-10H2,1H3,(H,22,24)(H2,21,23,25)/t12-/m1/s1. The zero-order valence-electron chi connectivity index (χ0n) is 13.9. The Bertz CT molecular complexity index is 772. The Morgan fingerprint density at radius 2 is 1.84 bits per heavy atom. The van der Waals surface area contributed by atoms with Gasteiger partial charge >= 0.3 is 6.03 Å². The highest BCUT2D eigenvalue weighted by atomic mass is 19.1. The molecule has 3 amide bonds. The van der Waals surface area contributed by atoms with Crippen molar-refractivity contribution in [3.8, 4) is 0 Å². The Morgan fingerprint density at radius 3 is 2.52 bits per heavy atom. The molecule has 1 aliphatic carbocycles. The molecule has 0 heterocycles. The Morgan fingerprint density at radius 1 is 1.12 bits per heavy atom. The van der Waals surface area contributed by atoms with Gasteiger partial charge in [0.05, 0.1) is 6.04 Å². The summed E-state index contributed by atoms with van der Waals surface area (Å²) >= 11 is 0. The van der Waals surface area contributed by atoms with Crippen LogP contribution in [0.5, 0.6) is 0 Å². The molecule has 0 bridgehead atoms. The van der Waals surface area contributed by atoms with E-state index in [-0.39, 0.29) is 23.8 Å². The van der Waals surface area contributed by atoms with E-state index in [1.54, 1.807) is 36.4 Å². The second-order valence-corrected chi connectivity index (χ2v) is 6.20. The Labute approximate surface area is 145 Å². The first kappa shape index (κ1) is 17.0. The minimum absolute atomic E-state index is 0.133. The van der Waals surface area contributed by atoms with Crippen LogP contribution in [0.4, 0.5) is 14.9 Å². The van der Waals surface area contributed by atoms with Crippen molar-refractivity contribution in [3.05, 3.63) is 65.5 Å². The van der Waals surface area contributed by atoms with E-state index in [9.17, 15) is 14.0 Å². The lowest BCUT2D eigenvalue weighted by molar-refractivity contribution is 0.0951. The van der Waals surface area contributed by atoms with E-state index in [1.807, 2.05) is 6.92 Å². The van der Waals surface area contributed by atoms with Gasteiger partial charge in [0.15, 0.2) is 0 Å². The summed E-state index contributed by atoms with van der Waals surface area (Å²) in [6.45, 7) is 1.81. The highest BCUT2D eigenvalue weighted by Crippen LogP contribution is 2.20. The second-order valence-electron chi connectivity index (χ2n) is 6.20. The van der Waals surface area contributed by atoms with E-state index >= 15 is 0 Å². The summed E-state index contributed by atoms with van der Waals surface area (Å²) in [4.78, 5) is 24.2. The maximum atomic E-state index is 13.0. The molecule has 2 aromatic rings. The van der Waals surface area contributed by atoms with Crippen molar-refractivity contribution in [2.45, 2.75) is 31.8 Å². The average Bonchev–Trinajstić information content (AvgIpc) is 3.39. The van der Waals surface area contributed by atoms with Gasteiger partial charge in [-0.1, -0.05) is 18.2 Å². The van der Waals surface area contributed by atoms with Crippen molar-refractivity contribution >= 4 is 17.6 Å². The maximum Gasteiger partial charge on any atom is 0.319 e. The Kier molecular flexibility index (Phi) is 4.97. The zero-order chi connectivity index (χ0) is 17.8. The maximum absolute atomic E-state index is 13.0. The van der Waals surface area contributed by atoms with Gasteiger partial charge in [-0.2, -0.15) is 0 Å². The van der Waals surface area contributed by atoms with Crippen LogP contribution in [0.15, 0.2) is 48.5 Å². The van der Waals surface area contributed by atoms with Crippen molar-refractivity contribution < 1.29 is 14.0 Å². The summed E-state index contributed by atoms with van der Waals surface area (Å²) in [7, 11) is 0. The van der Waals surface area contributed by atoms with Gasteiger partial charge in [0.1, 0.15) is 5.82 Å². The molecule has 3 N–H and O–H groups in total. The number of benzene rings is 2. The van der Waals surface area contributed by atoms with Gasteiger partial charge in [0, 0.05) is 17.3 Å². The van der Waals surface area contributed by atoms with Crippen molar-refractivity contribution in [1.82, 2.24) is 10.6 Å². The minimum Gasteiger partial charge on any atom is -0.349 e. The Balaban J connectivity index is 1.58. The monoisotopic (exact) mass is 341 g/mol. The van der Waals surface area contributed by atoms with Crippen LogP contribution < -0.4 is 16.0 Å². The first-order valence-electron chi connectivity index (χ1n) is 8.25. The van der Waals surface area contributed by atoms with Gasteiger partial charge < -0.3 is 16.0 Å². The van der Waals surface area contributed by atoms with E-state index in [4.69, 9.17) is 0 Å². The van der Waals surface area contributed by atoms with Gasteiger partial charge in [-0.05, 0) is 55.7 Å². The van der Waals surface area contributed by atoms with Gasteiger partial charge in [-0.25, -0.2) is 9.18 Å². The first-order chi connectivity index (χ1) is 12.0. The molecule has 1 atom stereocenters. The smallest absolute Gasteiger partial charge is 0.319 e. The molecule has 0 aliphatic heterocycles.